The molecule has 1 aromatic heterocycles. The number of nitrogens with two attached hydrogens (primary N) is 1. The number of anilines is 1. The van der Waals surface area contributed by atoms with Crippen molar-refractivity contribution in [3.05, 3.63) is 16.0 Å². The highest BCUT2D eigenvalue weighted by atomic mass is 32.1. The highest BCUT2D eigenvalue weighted by Crippen LogP contribution is 2.44. The summed E-state index contributed by atoms with van der Waals surface area (Å²) in [6.45, 7) is 4.02. The van der Waals surface area contributed by atoms with E-state index in [9.17, 15) is 4.79 Å². The lowest BCUT2D eigenvalue weighted by Crippen LogP contribution is -2.29. The Morgan fingerprint density at radius 2 is 2.11 bits per heavy atom. The molecule has 3 rings (SSSR count). The van der Waals surface area contributed by atoms with Crippen LogP contribution in [0.5, 0.6) is 0 Å². The molecule has 1 aliphatic carbocycles. The molecule has 4 heteroatoms. The van der Waals surface area contributed by atoms with Gasteiger partial charge in [0.15, 0.2) is 0 Å². The monoisotopic (exact) mass is 278 g/mol. The standard InChI is InChI=1S/C15H22N2OS/c1-2-10-6-5-7-11-12(10)13(14(16)19-11)15(18)17-8-3-4-9-17/h10H,2-9,16H2,1H3. The second kappa shape index (κ2) is 5.16. The minimum absolute atomic E-state index is 0.188. The normalized spacial score (nSPS) is 22.6. The van der Waals surface area contributed by atoms with E-state index in [1.165, 1.54) is 23.3 Å². The average Bonchev–Trinajstić information content (AvgIpc) is 3.04. The van der Waals surface area contributed by atoms with Gasteiger partial charge >= 0.3 is 0 Å². The summed E-state index contributed by atoms with van der Waals surface area (Å²) < 4.78 is 0. The van der Waals surface area contributed by atoms with Crippen LogP contribution >= 0.6 is 11.3 Å². The first-order valence-corrected chi connectivity index (χ1v) is 8.24. The summed E-state index contributed by atoms with van der Waals surface area (Å²) in [4.78, 5) is 16.1. The summed E-state index contributed by atoms with van der Waals surface area (Å²) in [5.41, 5.74) is 8.33. The van der Waals surface area contributed by atoms with Crippen molar-refractivity contribution in [2.75, 3.05) is 18.8 Å². The zero-order valence-electron chi connectivity index (χ0n) is 11.6. The van der Waals surface area contributed by atoms with Crippen LogP contribution in [0, 0.1) is 0 Å². The summed E-state index contributed by atoms with van der Waals surface area (Å²) >= 11 is 1.65. The molecule has 2 aliphatic rings. The molecule has 0 radical (unpaired) electrons. The molecule has 3 nitrogen and oxygen atoms in total. The van der Waals surface area contributed by atoms with Crippen LogP contribution in [0.1, 0.15) is 65.7 Å². The van der Waals surface area contributed by atoms with E-state index in [1.807, 2.05) is 4.90 Å². The predicted molar refractivity (Wildman–Crippen MR) is 79.8 cm³/mol. The summed E-state index contributed by atoms with van der Waals surface area (Å²) in [6, 6.07) is 0. The topological polar surface area (TPSA) is 46.3 Å². The van der Waals surface area contributed by atoms with Crippen LogP contribution in [0.3, 0.4) is 0 Å². The molecular weight excluding hydrogens is 256 g/mol. The van der Waals surface area contributed by atoms with Gasteiger partial charge in [-0.3, -0.25) is 4.79 Å². The van der Waals surface area contributed by atoms with Gasteiger partial charge in [-0.05, 0) is 50.0 Å². The number of nitrogen functional groups attached to an aromatic ring is 1. The first kappa shape index (κ1) is 13.0. The Kier molecular flexibility index (Phi) is 3.52. The highest BCUT2D eigenvalue weighted by Gasteiger charge is 2.32. The summed E-state index contributed by atoms with van der Waals surface area (Å²) in [5.74, 6) is 0.728. The number of rotatable bonds is 2. The zero-order chi connectivity index (χ0) is 13.4. The molecular formula is C15H22N2OS. The van der Waals surface area contributed by atoms with Crippen molar-refractivity contribution < 1.29 is 4.79 Å². The van der Waals surface area contributed by atoms with E-state index in [0.717, 1.165) is 49.3 Å². The quantitative estimate of drug-likeness (QED) is 0.901. The zero-order valence-corrected chi connectivity index (χ0v) is 12.4. The molecule has 1 unspecified atom stereocenters. The van der Waals surface area contributed by atoms with Crippen molar-refractivity contribution in [1.82, 2.24) is 4.90 Å². The first-order valence-electron chi connectivity index (χ1n) is 7.42. The second-order valence-electron chi connectivity index (χ2n) is 5.67. The number of aryl methyl sites for hydroxylation is 1. The van der Waals surface area contributed by atoms with Gasteiger partial charge in [-0.25, -0.2) is 0 Å². The molecule has 0 saturated carbocycles. The van der Waals surface area contributed by atoms with Crippen LogP contribution in [0.25, 0.3) is 0 Å². The fourth-order valence-electron chi connectivity index (χ4n) is 3.49. The van der Waals surface area contributed by atoms with Gasteiger partial charge in [-0.1, -0.05) is 6.92 Å². The third kappa shape index (κ3) is 2.16. The number of likely N-dealkylation sites (tertiary alicyclic amines) is 1. The summed E-state index contributed by atoms with van der Waals surface area (Å²) in [5, 5.41) is 0.752. The van der Waals surface area contributed by atoms with Crippen molar-refractivity contribution in [3.63, 3.8) is 0 Å². The Morgan fingerprint density at radius 3 is 2.79 bits per heavy atom. The van der Waals surface area contributed by atoms with Gasteiger partial charge in [-0.15, -0.1) is 11.3 Å². The minimum atomic E-state index is 0.188. The van der Waals surface area contributed by atoms with Gasteiger partial charge in [0.05, 0.1) is 10.6 Å². The average molecular weight is 278 g/mol. The van der Waals surface area contributed by atoms with E-state index >= 15 is 0 Å². The fourth-order valence-corrected chi connectivity index (χ4v) is 4.68. The molecule has 19 heavy (non-hydrogen) atoms. The second-order valence-corrected chi connectivity index (χ2v) is 6.81. The van der Waals surface area contributed by atoms with Gasteiger partial charge in [0.2, 0.25) is 0 Å². The Morgan fingerprint density at radius 1 is 1.37 bits per heavy atom. The number of nitrogens with zero attached hydrogens (tertiary/aromatic N) is 1. The Bertz CT molecular complexity index is 489. The van der Waals surface area contributed by atoms with Gasteiger partial charge in [0.1, 0.15) is 0 Å². The third-order valence-electron chi connectivity index (χ3n) is 4.51. The molecule has 2 N–H and O–H groups in total. The molecule has 0 aromatic carbocycles. The smallest absolute Gasteiger partial charge is 0.257 e. The number of fused-ring (bicyclic) bond motifs is 1. The van der Waals surface area contributed by atoms with Crippen molar-refractivity contribution in [2.24, 2.45) is 0 Å². The van der Waals surface area contributed by atoms with Crippen molar-refractivity contribution in [3.8, 4) is 0 Å². The van der Waals surface area contributed by atoms with Gasteiger partial charge in [0, 0.05) is 18.0 Å². The largest absolute Gasteiger partial charge is 0.390 e. The molecule has 1 fully saturated rings. The van der Waals surface area contributed by atoms with Crippen molar-refractivity contribution >= 4 is 22.2 Å². The van der Waals surface area contributed by atoms with Crippen molar-refractivity contribution in [1.29, 1.82) is 0 Å². The molecule has 0 spiro atoms. The Hall–Kier alpha value is -1.03. The molecule has 1 saturated heterocycles. The van der Waals surface area contributed by atoms with Crippen LogP contribution in [0.15, 0.2) is 0 Å². The first-order chi connectivity index (χ1) is 9.22. The van der Waals surface area contributed by atoms with Gasteiger partial charge in [0.25, 0.3) is 5.91 Å². The van der Waals surface area contributed by atoms with Gasteiger partial charge < -0.3 is 10.6 Å². The van der Waals surface area contributed by atoms with E-state index in [4.69, 9.17) is 5.73 Å². The molecule has 2 heterocycles. The maximum absolute atomic E-state index is 12.7. The SMILES string of the molecule is CCC1CCCc2sc(N)c(C(=O)N3CCCC3)c21. The van der Waals surface area contributed by atoms with Crippen LogP contribution in [-0.2, 0) is 6.42 Å². The van der Waals surface area contributed by atoms with E-state index < -0.39 is 0 Å². The van der Waals surface area contributed by atoms with E-state index in [1.54, 1.807) is 11.3 Å². The molecule has 1 amide bonds. The lowest BCUT2D eigenvalue weighted by atomic mass is 9.83. The fraction of sp³-hybridized carbons (Fsp3) is 0.667. The summed E-state index contributed by atoms with van der Waals surface area (Å²) in [7, 11) is 0. The summed E-state index contributed by atoms with van der Waals surface area (Å²) in [6.07, 6.45) is 6.94. The maximum atomic E-state index is 12.7. The van der Waals surface area contributed by atoms with E-state index in [2.05, 4.69) is 6.92 Å². The van der Waals surface area contributed by atoms with Crippen LogP contribution in [-0.4, -0.2) is 23.9 Å². The number of carbonyl (C=O) groups excluding carboxylic acids is 1. The third-order valence-corrected chi connectivity index (χ3v) is 5.61. The lowest BCUT2D eigenvalue weighted by Gasteiger charge is -2.24. The van der Waals surface area contributed by atoms with E-state index in [0.29, 0.717) is 5.92 Å². The van der Waals surface area contributed by atoms with E-state index in [-0.39, 0.29) is 5.91 Å². The number of amides is 1. The number of carbonyl (C=O) groups is 1. The molecule has 1 atom stereocenters. The lowest BCUT2D eigenvalue weighted by molar-refractivity contribution is 0.0792. The molecule has 1 aliphatic heterocycles. The van der Waals surface area contributed by atoms with Crippen LogP contribution in [0.4, 0.5) is 5.00 Å². The number of hydrogen-bond acceptors (Lipinski definition) is 3. The van der Waals surface area contributed by atoms with Crippen LogP contribution in [0.2, 0.25) is 0 Å². The van der Waals surface area contributed by atoms with Crippen molar-refractivity contribution in [2.45, 2.75) is 51.4 Å². The van der Waals surface area contributed by atoms with Crippen LogP contribution < -0.4 is 5.73 Å². The Labute approximate surface area is 118 Å². The van der Waals surface area contributed by atoms with Gasteiger partial charge in [-0.2, -0.15) is 0 Å². The predicted octanol–water partition coefficient (Wildman–Crippen LogP) is 3.40. The Balaban J connectivity index is 2.00. The molecule has 0 bridgehead atoms. The molecule has 104 valence electrons. The highest BCUT2D eigenvalue weighted by molar-refractivity contribution is 7.16. The number of hydrogen-bond donors (Lipinski definition) is 1. The number of thiophene rings is 1. The maximum Gasteiger partial charge on any atom is 0.257 e. The molecule has 1 aromatic rings. The minimum Gasteiger partial charge on any atom is -0.390 e.